The number of thiophene rings is 1. The number of halogens is 1. The first-order valence-electron chi connectivity index (χ1n) is 9.20. The molecule has 4 rings (SSSR count). The van der Waals surface area contributed by atoms with Crippen LogP contribution in [0.3, 0.4) is 0 Å². The summed E-state index contributed by atoms with van der Waals surface area (Å²) >= 11 is 7.61. The quantitative estimate of drug-likeness (QED) is 0.414. The topological polar surface area (TPSA) is 66.9 Å². The molecule has 0 aliphatic carbocycles. The van der Waals surface area contributed by atoms with Crippen LogP contribution in [-0.2, 0) is 4.79 Å². The van der Waals surface area contributed by atoms with E-state index in [4.69, 9.17) is 11.6 Å². The number of aromatic nitrogens is 2. The van der Waals surface area contributed by atoms with Crippen LogP contribution in [0.2, 0.25) is 5.02 Å². The molecule has 0 saturated carbocycles. The maximum Gasteiger partial charge on any atom is 0.226 e. The fourth-order valence-electron chi connectivity index (χ4n) is 3.21. The molecule has 0 radical (unpaired) electrons. The van der Waals surface area contributed by atoms with Gasteiger partial charge in [-0.05, 0) is 30.7 Å². The van der Waals surface area contributed by atoms with E-state index < -0.39 is 0 Å². The molecule has 7 heteroatoms. The number of carbonyl (C=O) groups excluding carboxylic acids is 1. The molecular formula is C22H19ClN4OS. The number of carbonyl (C=O) groups is 1. The third kappa shape index (κ3) is 4.39. The van der Waals surface area contributed by atoms with Crippen LogP contribution in [0.25, 0.3) is 21.3 Å². The van der Waals surface area contributed by atoms with Crippen molar-refractivity contribution >= 4 is 50.6 Å². The van der Waals surface area contributed by atoms with E-state index in [1.165, 1.54) is 4.88 Å². The van der Waals surface area contributed by atoms with Gasteiger partial charge >= 0.3 is 0 Å². The minimum atomic E-state index is -0.0881. The summed E-state index contributed by atoms with van der Waals surface area (Å²) in [6.45, 7) is 2.55. The molecule has 2 N–H and O–H groups in total. The van der Waals surface area contributed by atoms with E-state index in [9.17, 15) is 4.79 Å². The molecule has 29 heavy (non-hydrogen) atoms. The van der Waals surface area contributed by atoms with E-state index in [0.717, 1.165) is 27.2 Å². The average Bonchev–Trinajstić information content (AvgIpc) is 3.05. The normalized spacial score (nSPS) is 10.8. The fourth-order valence-corrected chi connectivity index (χ4v) is 4.42. The zero-order valence-electron chi connectivity index (χ0n) is 15.8. The highest BCUT2D eigenvalue weighted by molar-refractivity contribution is 7.19. The van der Waals surface area contributed by atoms with Gasteiger partial charge in [0.25, 0.3) is 0 Å². The predicted molar refractivity (Wildman–Crippen MR) is 121 cm³/mol. The number of hydrogen-bond acceptors (Lipinski definition) is 5. The molecule has 2 aromatic heterocycles. The second kappa shape index (κ2) is 8.59. The molecule has 4 aromatic rings. The lowest BCUT2D eigenvalue weighted by molar-refractivity contribution is -0.115. The highest BCUT2D eigenvalue weighted by Gasteiger charge is 2.16. The van der Waals surface area contributed by atoms with Gasteiger partial charge in [-0.15, -0.1) is 11.3 Å². The molecule has 0 fully saturated rings. The highest BCUT2D eigenvalue weighted by Crippen LogP contribution is 2.40. The molecule has 5 nitrogen and oxygen atoms in total. The van der Waals surface area contributed by atoms with Crippen molar-refractivity contribution < 1.29 is 4.79 Å². The minimum Gasteiger partial charge on any atom is -0.369 e. The van der Waals surface area contributed by atoms with Gasteiger partial charge in [-0.1, -0.05) is 48.0 Å². The number of aryl methyl sites for hydroxylation is 1. The Morgan fingerprint density at radius 2 is 1.93 bits per heavy atom. The van der Waals surface area contributed by atoms with Crippen molar-refractivity contribution in [2.75, 3.05) is 17.2 Å². The van der Waals surface area contributed by atoms with Crippen LogP contribution < -0.4 is 10.6 Å². The molecule has 2 aromatic carbocycles. The summed E-state index contributed by atoms with van der Waals surface area (Å²) in [4.78, 5) is 23.2. The molecule has 146 valence electrons. The number of nitrogens with one attached hydrogen (secondary N) is 2. The van der Waals surface area contributed by atoms with Crippen LogP contribution in [-0.4, -0.2) is 22.4 Å². The SMILES string of the molecule is Cc1sc2ncnc(NCCC(=O)Nc3cccc(Cl)c3)c2c1-c1ccccc1. The molecule has 2 heterocycles. The van der Waals surface area contributed by atoms with E-state index in [0.29, 0.717) is 23.7 Å². The van der Waals surface area contributed by atoms with Crippen molar-refractivity contribution in [1.29, 1.82) is 0 Å². The van der Waals surface area contributed by atoms with Gasteiger partial charge in [0, 0.05) is 34.1 Å². The van der Waals surface area contributed by atoms with Crippen molar-refractivity contribution in [3.8, 4) is 11.1 Å². The van der Waals surface area contributed by atoms with Gasteiger partial charge in [0.2, 0.25) is 5.91 Å². The zero-order valence-corrected chi connectivity index (χ0v) is 17.3. The average molecular weight is 423 g/mol. The van der Waals surface area contributed by atoms with Gasteiger partial charge in [0.1, 0.15) is 17.0 Å². The third-order valence-electron chi connectivity index (χ3n) is 4.48. The smallest absolute Gasteiger partial charge is 0.226 e. The van der Waals surface area contributed by atoms with Gasteiger partial charge in [-0.25, -0.2) is 9.97 Å². The summed E-state index contributed by atoms with van der Waals surface area (Å²) < 4.78 is 0. The number of rotatable bonds is 6. The van der Waals surface area contributed by atoms with E-state index in [1.807, 2.05) is 24.3 Å². The molecule has 1 amide bonds. The van der Waals surface area contributed by atoms with Crippen LogP contribution >= 0.6 is 22.9 Å². The van der Waals surface area contributed by atoms with Gasteiger partial charge in [-0.2, -0.15) is 0 Å². The zero-order chi connectivity index (χ0) is 20.2. The lowest BCUT2D eigenvalue weighted by Gasteiger charge is -2.09. The van der Waals surface area contributed by atoms with Crippen molar-refractivity contribution in [2.45, 2.75) is 13.3 Å². The standard InChI is InChI=1S/C22H19ClN4OS/c1-14-19(15-6-3-2-4-7-15)20-21(25-13-26-22(20)29-14)24-11-10-18(28)27-17-9-5-8-16(23)12-17/h2-9,12-13H,10-11H2,1H3,(H,27,28)(H,24,25,26). The van der Waals surface area contributed by atoms with Crippen molar-refractivity contribution in [1.82, 2.24) is 9.97 Å². The van der Waals surface area contributed by atoms with E-state index in [1.54, 1.807) is 35.9 Å². The van der Waals surface area contributed by atoms with Crippen molar-refractivity contribution in [2.24, 2.45) is 0 Å². The molecule has 0 aliphatic rings. The van der Waals surface area contributed by atoms with Crippen molar-refractivity contribution in [3.63, 3.8) is 0 Å². The van der Waals surface area contributed by atoms with Crippen LogP contribution in [0.4, 0.5) is 11.5 Å². The van der Waals surface area contributed by atoms with Crippen molar-refractivity contribution in [3.05, 3.63) is 70.8 Å². The summed E-state index contributed by atoms with van der Waals surface area (Å²) in [5.41, 5.74) is 2.96. The van der Waals surface area contributed by atoms with Gasteiger partial charge in [0.05, 0.1) is 5.39 Å². The Balaban J connectivity index is 1.50. The van der Waals surface area contributed by atoms with Crippen LogP contribution in [0, 0.1) is 6.92 Å². The number of nitrogens with zero attached hydrogens (tertiary/aromatic N) is 2. The number of hydrogen-bond donors (Lipinski definition) is 2. The maximum absolute atomic E-state index is 12.2. The first-order chi connectivity index (χ1) is 14.1. The Morgan fingerprint density at radius 1 is 1.10 bits per heavy atom. The Labute approximate surface area is 177 Å². The second-order valence-corrected chi connectivity index (χ2v) is 8.18. The molecule has 0 saturated heterocycles. The van der Waals surface area contributed by atoms with E-state index in [2.05, 4.69) is 39.7 Å². The summed E-state index contributed by atoms with van der Waals surface area (Å²) in [6, 6.07) is 17.3. The lowest BCUT2D eigenvalue weighted by atomic mass is 10.0. The first kappa shape index (κ1) is 19.4. The van der Waals surface area contributed by atoms with Gasteiger partial charge in [-0.3, -0.25) is 4.79 Å². The summed E-state index contributed by atoms with van der Waals surface area (Å²) in [7, 11) is 0. The number of fused-ring (bicyclic) bond motifs is 1. The van der Waals surface area contributed by atoms with Gasteiger partial charge in [0.15, 0.2) is 0 Å². The van der Waals surface area contributed by atoms with Crippen LogP contribution in [0.1, 0.15) is 11.3 Å². The number of anilines is 2. The third-order valence-corrected chi connectivity index (χ3v) is 5.73. The Hall–Kier alpha value is -2.96. The van der Waals surface area contributed by atoms with Crippen LogP contribution in [0.5, 0.6) is 0 Å². The molecule has 0 unspecified atom stereocenters. The molecule has 0 spiro atoms. The summed E-state index contributed by atoms with van der Waals surface area (Å²) in [5.74, 6) is 0.656. The maximum atomic E-state index is 12.2. The summed E-state index contributed by atoms with van der Waals surface area (Å²) in [6.07, 6.45) is 1.86. The van der Waals surface area contributed by atoms with Gasteiger partial charge < -0.3 is 10.6 Å². The monoisotopic (exact) mass is 422 g/mol. The molecule has 0 atom stereocenters. The highest BCUT2D eigenvalue weighted by atomic mass is 35.5. The number of benzene rings is 2. The minimum absolute atomic E-state index is 0.0881. The molecule has 0 bridgehead atoms. The Morgan fingerprint density at radius 3 is 2.72 bits per heavy atom. The summed E-state index contributed by atoms with van der Waals surface area (Å²) in [5, 5.41) is 7.75. The van der Waals surface area contributed by atoms with E-state index >= 15 is 0 Å². The van der Waals surface area contributed by atoms with E-state index in [-0.39, 0.29) is 5.91 Å². The first-order valence-corrected chi connectivity index (χ1v) is 10.4. The van der Waals surface area contributed by atoms with Crippen LogP contribution in [0.15, 0.2) is 60.9 Å². The number of amides is 1. The fraction of sp³-hybridized carbons (Fsp3) is 0.136. The molecule has 0 aliphatic heterocycles. The molecular weight excluding hydrogens is 404 g/mol. The Kier molecular flexibility index (Phi) is 5.74. The lowest BCUT2D eigenvalue weighted by Crippen LogP contribution is -2.16. The second-order valence-electron chi connectivity index (χ2n) is 6.54. The largest absolute Gasteiger partial charge is 0.369 e. The predicted octanol–water partition coefficient (Wildman–Crippen LogP) is 5.76. The Bertz CT molecular complexity index is 1160.